The maximum Gasteiger partial charge on any atom is 0.129 e. The molecule has 0 spiro atoms. The minimum Gasteiger partial charge on any atom is -0.238 e. The average molecular weight is 215 g/mol. The van der Waals surface area contributed by atoms with Crippen LogP contribution in [0.15, 0.2) is 4.60 Å². The number of aryl methyl sites for hydroxylation is 2. The fourth-order valence-electron chi connectivity index (χ4n) is 0.807. The quantitative estimate of drug-likeness (QED) is 0.672. The molecule has 0 fully saturated rings. The van der Waals surface area contributed by atoms with Gasteiger partial charge in [0.15, 0.2) is 0 Å². The van der Waals surface area contributed by atoms with Crippen LogP contribution in [0.2, 0.25) is 0 Å². The van der Waals surface area contributed by atoms with Crippen LogP contribution < -0.4 is 0 Å². The highest BCUT2D eigenvalue weighted by atomic mass is 79.9. The second kappa shape index (κ2) is 3.30. The van der Waals surface area contributed by atoms with Crippen LogP contribution in [0, 0.1) is 13.8 Å². The maximum absolute atomic E-state index is 4.31. The van der Waals surface area contributed by atoms with E-state index in [4.69, 9.17) is 0 Å². The van der Waals surface area contributed by atoms with E-state index in [1.54, 1.807) is 0 Å². The lowest BCUT2D eigenvalue weighted by molar-refractivity contribution is 0.891. The van der Waals surface area contributed by atoms with Gasteiger partial charge in [0.25, 0.3) is 0 Å². The average Bonchev–Trinajstić information content (AvgIpc) is 1.99. The van der Waals surface area contributed by atoms with Crippen molar-refractivity contribution in [3.63, 3.8) is 0 Å². The van der Waals surface area contributed by atoms with E-state index in [0.29, 0.717) is 0 Å². The molecule has 1 heterocycles. The van der Waals surface area contributed by atoms with Crippen LogP contribution in [0.1, 0.15) is 24.0 Å². The van der Waals surface area contributed by atoms with Gasteiger partial charge in [-0.05, 0) is 29.8 Å². The van der Waals surface area contributed by atoms with Crippen molar-refractivity contribution >= 4 is 15.9 Å². The molecular weight excluding hydrogens is 204 g/mol. The lowest BCUT2D eigenvalue weighted by Crippen LogP contribution is -1.98. The van der Waals surface area contributed by atoms with Gasteiger partial charge >= 0.3 is 0 Å². The van der Waals surface area contributed by atoms with Gasteiger partial charge in [0.05, 0.1) is 0 Å². The molecule has 0 atom stereocenters. The van der Waals surface area contributed by atoms with Gasteiger partial charge in [-0.15, -0.1) is 0 Å². The molecule has 1 aromatic rings. The molecular formula is C8H11BrN2. The van der Waals surface area contributed by atoms with Gasteiger partial charge in [-0.1, -0.05) is 6.92 Å². The van der Waals surface area contributed by atoms with E-state index >= 15 is 0 Å². The van der Waals surface area contributed by atoms with Crippen LogP contribution in [-0.2, 0) is 6.42 Å². The molecule has 0 aliphatic rings. The molecule has 1 rings (SSSR count). The molecule has 0 unspecified atom stereocenters. The summed E-state index contributed by atoms with van der Waals surface area (Å²) in [4.78, 5) is 8.57. The van der Waals surface area contributed by atoms with Crippen molar-refractivity contribution in [3.8, 4) is 0 Å². The Bertz CT molecular complexity index is 248. The molecule has 0 saturated heterocycles. The third kappa shape index (κ3) is 1.77. The van der Waals surface area contributed by atoms with Gasteiger partial charge in [-0.2, -0.15) is 0 Å². The van der Waals surface area contributed by atoms with E-state index in [0.717, 1.165) is 28.1 Å². The normalized spacial score (nSPS) is 10.2. The Kier molecular flexibility index (Phi) is 2.60. The summed E-state index contributed by atoms with van der Waals surface area (Å²) in [7, 11) is 0. The highest BCUT2D eigenvalue weighted by Gasteiger charge is 2.02. The van der Waals surface area contributed by atoms with E-state index < -0.39 is 0 Å². The molecule has 1 aromatic heterocycles. The van der Waals surface area contributed by atoms with E-state index in [1.165, 1.54) is 0 Å². The van der Waals surface area contributed by atoms with Crippen LogP contribution in [0.5, 0.6) is 0 Å². The summed E-state index contributed by atoms with van der Waals surface area (Å²) in [5, 5.41) is 0. The fraction of sp³-hybridized carbons (Fsp3) is 0.500. The molecule has 60 valence electrons. The zero-order valence-electron chi connectivity index (χ0n) is 6.98. The Balaban J connectivity index is 3.21. The van der Waals surface area contributed by atoms with Crippen molar-refractivity contribution in [2.75, 3.05) is 0 Å². The smallest absolute Gasteiger partial charge is 0.129 e. The first kappa shape index (κ1) is 8.65. The number of aromatic nitrogens is 2. The Hall–Kier alpha value is -0.440. The molecule has 0 radical (unpaired) electrons. The third-order valence-corrected chi connectivity index (χ3v) is 2.46. The minimum absolute atomic E-state index is 0.889. The Morgan fingerprint density at radius 1 is 1.27 bits per heavy atom. The molecule has 0 aromatic carbocycles. The van der Waals surface area contributed by atoms with Gasteiger partial charge in [-0.25, -0.2) is 9.97 Å². The van der Waals surface area contributed by atoms with Crippen LogP contribution >= 0.6 is 15.9 Å². The number of nitrogens with zero attached hydrogens (tertiary/aromatic N) is 2. The van der Waals surface area contributed by atoms with Gasteiger partial charge in [0.1, 0.15) is 10.4 Å². The zero-order chi connectivity index (χ0) is 8.43. The second-order valence-corrected chi connectivity index (χ2v) is 3.25. The summed E-state index contributed by atoms with van der Waals surface area (Å²) in [6, 6.07) is 0. The van der Waals surface area contributed by atoms with E-state index in [9.17, 15) is 0 Å². The van der Waals surface area contributed by atoms with Crippen LogP contribution in [0.3, 0.4) is 0 Å². The van der Waals surface area contributed by atoms with Crippen molar-refractivity contribution in [2.45, 2.75) is 27.2 Å². The van der Waals surface area contributed by atoms with Gasteiger partial charge in [0.2, 0.25) is 0 Å². The summed E-state index contributed by atoms with van der Waals surface area (Å²) in [5.74, 6) is 0.903. The zero-order valence-corrected chi connectivity index (χ0v) is 8.57. The van der Waals surface area contributed by atoms with Crippen molar-refractivity contribution in [2.24, 2.45) is 0 Å². The van der Waals surface area contributed by atoms with Gasteiger partial charge in [-0.3, -0.25) is 0 Å². The molecule has 0 saturated carbocycles. The summed E-state index contributed by atoms with van der Waals surface area (Å²) in [6.07, 6.45) is 0.889. The summed E-state index contributed by atoms with van der Waals surface area (Å²) < 4.78 is 0.918. The van der Waals surface area contributed by atoms with Crippen molar-refractivity contribution in [3.05, 3.63) is 21.7 Å². The Labute approximate surface area is 75.2 Å². The third-order valence-electron chi connectivity index (χ3n) is 1.69. The standard InChI is InChI=1S/C8H11BrN2/c1-4-7-10-6(3)5(2)8(9)11-7/h4H2,1-3H3. The van der Waals surface area contributed by atoms with Crippen molar-refractivity contribution < 1.29 is 0 Å². The summed E-state index contributed by atoms with van der Waals surface area (Å²) in [6.45, 7) is 6.07. The fourth-order valence-corrected chi connectivity index (χ4v) is 1.30. The number of hydrogen-bond acceptors (Lipinski definition) is 2. The highest BCUT2D eigenvalue weighted by Crippen LogP contribution is 2.15. The molecule has 11 heavy (non-hydrogen) atoms. The molecule has 0 aliphatic heterocycles. The van der Waals surface area contributed by atoms with Crippen molar-refractivity contribution in [1.82, 2.24) is 9.97 Å². The Morgan fingerprint density at radius 3 is 2.36 bits per heavy atom. The SMILES string of the molecule is CCc1nc(C)c(C)c(Br)n1. The molecule has 2 nitrogen and oxygen atoms in total. The molecule has 0 aliphatic carbocycles. The number of hydrogen-bond donors (Lipinski definition) is 0. The van der Waals surface area contributed by atoms with Gasteiger partial charge < -0.3 is 0 Å². The minimum atomic E-state index is 0.889. The van der Waals surface area contributed by atoms with Crippen LogP contribution in [-0.4, -0.2) is 9.97 Å². The van der Waals surface area contributed by atoms with Crippen LogP contribution in [0.25, 0.3) is 0 Å². The topological polar surface area (TPSA) is 25.8 Å². The van der Waals surface area contributed by atoms with E-state index in [-0.39, 0.29) is 0 Å². The summed E-state index contributed by atoms with van der Waals surface area (Å²) in [5.41, 5.74) is 2.19. The molecule has 0 N–H and O–H groups in total. The van der Waals surface area contributed by atoms with Gasteiger partial charge in [0, 0.05) is 17.7 Å². The first-order chi connectivity index (χ1) is 5.15. The Morgan fingerprint density at radius 2 is 1.91 bits per heavy atom. The predicted molar refractivity (Wildman–Crippen MR) is 48.6 cm³/mol. The summed E-state index contributed by atoms with van der Waals surface area (Å²) >= 11 is 3.39. The monoisotopic (exact) mass is 214 g/mol. The lowest BCUT2D eigenvalue weighted by Gasteiger charge is -2.03. The molecule has 0 bridgehead atoms. The number of halogens is 1. The first-order valence-electron chi connectivity index (χ1n) is 3.64. The van der Waals surface area contributed by atoms with E-state index in [1.807, 2.05) is 13.8 Å². The lowest BCUT2D eigenvalue weighted by atomic mass is 10.3. The van der Waals surface area contributed by atoms with Crippen molar-refractivity contribution in [1.29, 1.82) is 0 Å². The first-order valence-corrected chi connectivity index (χ1v) is 4.44. The predicted octanol–water partition coefficient (Wildman–Crippen LogP) is 2.42. The number of rotatable bonds is 1. The largest absolute Gasteiger partial charge is 0.238 e. The van der Waals surface area contributed by atoms with E-state index in [2.05, 4.69) is 32.8 Å². The molecule has 0 amide bonds. The molecule has 3 heteroatoms. The second-order valence-electron chi connectivity index (χ2n) is 2.49. The highest BCUT2D eigenvalue weighted by molar-refractivity contribution is 9.10. The van der Waals surface area contributed by atoms with Crippen LogP contribution in [0.4, 0.5) is 0 Å². The maximum atomic E-state index is 4.31.